The average Bonchev–Trinajstić information content (AvgIpc) is 2.76. The second kappa shape index (κ2) is 9.76. The van der Waals surface area contributed by atoms with Crippen LogP contribution in [0.4, 0.5) is 4.79 Å². The van der Waals surface area contributed by atoms with Crippen molar-refractivity contribution in [1.29, 1.82) is 0 Å². The Morgan fingerprint density at radius 2 is 1.94 bits per heavy atom. The second-order valence-electron chi connectivity index (χ2n) is 12.3. The number of amides is 1. The van der Waals surface area contributed by atoms with Crippen molar-refractivity contribution in [2.75, 3.05) is 19.6 Å². The highest BCUT2D eigenvalue weighted by Crippen LogP contribution is 2.56. The lowest BCUT2D eigenvalue weighted by Gasteiger charge is -2.59. The summed E-state index contributed by atoms with van der Waals surface area (Å²) in [6.07, 6.45) is 11.4. The van der Waals surface area contributed by atoms with Crippen LogP contribution in [0, 0.1) is 11.8 Å². The summed E-state index contributed by atoms with van der Waals surface area (Å²) in [5, 5.41) is 2.63. The molecular formula is C29H42N2O4. The van der Waals surface area contributed by atoms with Crippen molar-refractivity contribution in [3.8, 4) is 5.75 Å². The number of hydrogen-bond acceptors (Lipinski definition) is 5. The minimum absolute atomic E-state index is 0.113. The van der Waals surface area contributed by atoms with E-state index in [9.17, 15) is 9.59 Å². The number of rotatable bonds is 6. The third-order valence-corrected chi connectivity index (χ3v) is 8.87. The van der Waals surface area contributed by atoms with Crippen LogP contribution in [0.3, 0.4) is 0 Å². The maximum atomic E-state index is 12.5. The van der Waals surface area contributed by atoms with Gasteiger partial charge >= 0.3 is 12.1 Å². The number of likely N-dealkylation sites (tertiary alicyclic amines) is 1. The Morgan fingerprint density at radius 3 is 2.69 bits per heavy atom. The Kier molecular flexibility index (Phi) is 6.86. The lowest BCUT2D eigenvalue weighted by molar-refractivity contribution is -0.134. The molecule has 6 heteroatoms. The molecule has 1 amide bonds. The van der Waals surface area contributed by atoms with Gasteiger partial charge in [0.25, 0.3) is 0 Å². The van der Waals surface area contributed by atoms with Crippen LogP contribution in [-0.4, -0.2) is 48.2 Å². The summed E-state index contributed by atoms with van der Waals surface area (Å²) in [6, 6.07) is 7.02. The van der Waals surface area contributed by atoms with Crippen LogP contribution in [-0.2, 0) is 21.4 Å². The van der Waals surface area contributed by atoms with Gasteiger partial charge in [0.2, 0.25) is 0 Å². The molecule has 35 heavy (non-hydrogen) atoms. The molecule has 6 nitrogen and oxygen atoms in total. The number of benzene rings is 1. The second-order valence-corrected chi connectivity index (χ2v) is 12.3. The van der Waals surface area contributed by atoms with Gasteiger partial charge in [-0.1, -0.05) is 25.3 Å². The minimum atomic E-state index is -0.559. The van der Waals surface area contributed by atoms with Gasteiger partial charge in [0, 0.05) is 24.5 Å². The van der Waals surface area contributed by atoms with E-state index in [1.165, 1.54) is 75.6 Å². The van der Waals surface area contributed by atoms with Gasteiger partial charge in [-0.2, -0.15) is 0 Å². The topological polar surface area (TPSA) is 67.9 Å². The van der Waals surface area contributed by atoms with E-state index in [1.54, 1.807) is 0 Å². The highest BCUT2D eigenvalue weighted by molar-refractivity contribution is 5.74. The van der Waals surface area contributed by atoms with Crippen molar-refractivity contribution in [3.63, 3.8) is 0 Å². The summed E-state index contributed by atoms with van der Waals surface area (Å²) in [7, 11) is 0. The van der Waals surface area contributed by atoms with Crippen LogP contribution in [0.2, 0.25) is 0 Å². The van der Waals surface area contributed by atoms with Crippen molar-refractivity contribution >= 4 is 12.1 Å². The zero-order valence-corrected chi connectivity index (χ0v) is 21.7. The number of ether oxygens (including phenoxy) is 2. The lowest BCUT2D eigenvalue weighted by Crippen LogP contribution is -2.61. The number of nitrogens with zero attached hydrogens (tertiary/aromatic N) is 1. The quantitative estimate of drug-likeness (QED) is 0.436. The molecule has 0 radical (unpaired) electrons. The normalized spacial score (nSPS) is 28.3. The smallest absolute Gasteiger partial charge is 0.407 e. The monoisotopic (exact) mass is 482 g/mol. The van der Waals surface area contributed by atoms with Crippen LogP contribution < -0.4 is 10.1 Å². The maximum absolute atomic E-state index is 12.5. The summed E-state index contributed by atoms with van der Waals surface area (Å²) < 4.78 is 11.0. The molecule has 3 aliphatic carbocycles. The first-order chi connectivity index (χ1) is 16.7. The fourth-order valence-corrected chi connectivity index (χ4v) is 7.12. The van der Waals surface area contributed by atoms with E-state index < -0.39 is 11.7 Å². The zero-order chi connectivity index (χ0) is 24.6. The van der Waals surface area contributed by atoms with E-state index in [0.717, 1.165) is 18.3 Å². The summed E-state index contributed by atoms with van der Waals surface area (Å²) in [6.45, 7) is 8.13. The number of carbonyl (C=O) groups excluding carboxylic acids is 2. The Bertz CT molecular complexity index is 950. The van der Waals surface area contributed by atoms with Gasteiger partial charge < -0.3 is 14.8 Å². The first-order valence-corrected chi connectivity index (χ1v) is 13.8. The number of esters is 1. The first-order valence-electron chi connectivity index (χ1n) is 13.8. The molecule has 2 saturated carbocycles. The molecule has 1 aliphatic heterocycles. The molecule has 5 rings (SSSR count). The maximum Gasteiger partial charge on any atom is 0.407 e. The largest absolute Gasteiger partial charge is 0.444 e. The molecule has 3 atom stereocenters. The fourth-order valence-electron chi connectivity index (χ4n) is 7.12. The summed E-state index contributed by atoms with van der Waals surface area (Å²) >= 11 is 0. The van der Waals surface area contributed by atoms with Gasteiger partial charge in [0.05, 0.1) is 6.42 Å². The van der Waals surface area contributed by atoms with E-state index in [2.05, 4.69) is 22.3 Å². The van der Waals surface area contributed by atoms with Gasteiger partial charge in [-0.25, -0.2) is 4.79 Å². The van der Waals surface area contributed by atoms with E-state index in [-0.39, 0.29) is 24.3 Å². The van der Waals surface area contributed by atoms with Crippen molar-refractivity contribution in [2.24, 2.45) is 11.8 Å². The number of carbonyl (C=O) groups is 2. The van der Waals surface area contributed by atoms with Crippen molar-refractivity contribution in [1.82, 2.24) is 10.2 Å². The fraction of sp³-hybridized carbons (Fsp3) is 0.724. The third-order valence-electron chi connectivity index (χ3n) is 8.87. The molecular weight excluding hydrogens is 440 g/mol. The van der Waals surface area contributed by atoms with Crippen LogP contribution in [0.5, 0.6) is 5.75 Å². The van der Waals surface area contributed by atoms with E-state index in [0.29, 0.717) is 11.8 Å². The van der Waals surface area contributed by atoms with E-state index in [1.807, 2.05) is 26.8 Å². The molecule has 192 valence electrons. The Labute approximate surface area is 210 Å². The van der Waals surface area contributed by atoms with Gasteiger partial charge in [0.15, 0.2) is 0 Å². The standard InChI is InChI=1S/C29H42N2O4/c1-28(2,3)35-27(33)30-15-12-26(32)34-22-11-10-21-17-25-23-9-4-5-13-29(23,24(21)18-22)14-16-31(25)19-20-7-6-8-20/h10-11,18,20,23,25H,4-9,12-17,19H2,1-3H3,(H,30,33)/t23-,25+,29+/m0/s1. The minimum Gasteiger partial charge on any atom is -0.444 e. The van der Waals surface area contributed by atoms with Gasteiger partial charge in [-0.05, 0) is 101 Å². The summed E-state index contributed by atoms with van der Waals surface area (Å²) in [4.78, 5) is 27.1. The Morgan fingerprint density at radius 1 is 1.11 bits per heavy atom. The van der Waals surface area contributed by atoms with E-state index in [4.69, 9.17) is 9.47 Å². The molecule has 0 spiro atoms. The molecule has 2 bridgehead atoms. The van der Waals surface area contributed by atoms with E-state index >= 15 is 0 Å². The van der Waals surface area contributed by atoms with Gasteiger partial charge in [-0.3, -0.25) is 9.69 Å². The number of fused-ring (bicyclic) bond motifs is 1. The molecule has 0 unspecified atom stereocenters. The van der Waals surface area contributed by atoms with Crippen molar-refractivity contribution in [2.45, 2.75) is 102 Å². The molecule has 4 aliphatic rings. The lowest BCUT2D eigenvalue weighted by atomic mass is 9.52. The summed E-state index contributed by atoms with van der Waals surface area (Å²) in [5.74, 6) is 1.95. The van der Waals surface area contributed by atoms with Gasteiger partial charge in [-0.15, -0.1) is 0 Å². The predicted octanol–water partition coefficient (Wildman–Crippen LogP) is 5.37. The SMILES string of the molecule is CC(C)(C)OC(=O)NCCC(=O)Oc1ccc2c(c1)[C@@]13CCCC[C@H]1[C@@H](C2)N(CC1CCC1)CC3. The Hall–Kier alpha value is -2.08. The molecule has 1 N–H and O–H groups in total. The zero-order valence-electron chi connectivity index (χ0n) is 21.7. The summed E-state index contributed by atoms with van der Waals surface area (Å²) in [5.41, 5.74) is 2.58. The Balaban J connectivity index is 1.25. The van der Waals surface area contributed by atoms with Gasteiger partial charge in [0.1, 0.15) is 11.4 Å². The number of alkyl carbamates (subject to hydrolysis) is 1. The highest BCUT2D eigenvalue weighted by atomic mass is 16.6. The molecule has 1 aromatic rings. The molecule has 3 fully saturated rings. The first kappa shape index (κ1) is 24.6. The van der Waals surface area contributed by atoms with Crippen LogP contribution in [0.1, 0.15) is 89.7 Å². The predicted molar refractivity (Wildman–Crippen MR) is 136 cm³/mol. The van der Waals surface area contributed by atoms with Crippen molar-refractivity contribution in [3.05, 3.63) is 29.3 Å². The number of nitrogens with one attached hydrogen (secondary N) is 1. The third kappa shape index (κ3) is 5.23. The molecule has 1 aromatic carbocycles. The van der Waals surface area contributed by atoms with Crippen LogP contribution in [0.15, 0.2) is 18.2 Å². The van der Waals surface area contributed by atoms with Crippen LogP contribution in [0.25, 0.3) is 0 Å². The number of hydrogen-bond donors (Lipinski definition) is 1. The molecule has 1 saturated heterocycles. The molecule has 1 heterocycles. The van der Waals surface area contributed by atoms with Crippen molar-refractivity contribution < 1.29 is 19.1 Å². The average molecular weight is 483 g/mol. The highest BCUT2D eigenvalue weighted by Gasteiger charge is 2.54. The van der Waals surface area contributed by atoms with Crippen LogP contribution >= 0.6 is 0 Å². The molecule has 0 aromatic heterocycles. The number of piperidine rings is 1.